The number of piperidine rings is 1. The predicted molar refractivity (Wildman–Crippen MR) is 78.3 cm³/mol. The van der Waals surface area contributed by atoms with E-state index in [1.807, 2.05) is 0 Å². The molecule has 0 saturated carbocycles. The maximum Gasteiger partial charge on any atom is 0.416 e. The molecule has 2 rings (SSSR count). The predicted octanol–water partition coefficient (Wildman–Crippen LogP) is 2.68. The largest absolute Gasteiger partial charge is 0.416 e. The van der Waals surface area contributed by atoms with E-state index in [1.165, 1.54) is 22.9 Å². The Bertz CT molecular complexity index is 587. The second kappa shape index (κ2) is 7.02. The fraction of sp³-hybridized carbons (Fsp3) is 0.500. The highest BCUT2D eigenvalue weighted by Gasteiger charge is 2.30. The number of hydrogen-bond acceptors (Lipinski definition) is 2. The van der Waals surface area contributed by atoms with Gasteiger partial charge in [0.15, 0.2) is 0 Å². The molecule has 126 valence electrons. The first kappa shape index (κ1) is 17.3. The number of halogens is 3. The molecule has 1 aliphatic heterocycles. The number of carbonyl (C=O) groups is 2. The second-order valence-corrected chi connectivity index (χ2v) is 5.72. The summed E-state index contributed by atoms with van der Waals surface area (Å²) in [6.07, 6.45) is -2.25. The van der Waals surface area contributed by atoms with Crippen LogP contribution in [-0.4, -0.2) is 41.8 Å². The van der Waals surface area contributed by atoms with Crippen LogP contribution in [0.5, 0.6) is 0 Å². The third-order valence-corrected chi connectivity index (χ3v) is 3.85. The summed E-state index contributed by atoms with van der Waals surface area (Å²) in [4.78, 5) is 26.7. The Morgan fingerprint density at radius 1 is 1.30 bits per heavy atom. The van der Waals surface area contributed by atoms with E-state index in [4.69, 9.17) is 0 Å². The van der Waals surface area contributed by atoms with E-state index in [0.717, 1.165) is 25.0 Å². The van der Waals surface area contributed by atoms with Crippen molar-refractivity contribution in [2.45, 2.75) is 32.0 Å². The minimum atomic E-state index is -4.40. The molecular formula is C16H19F3N2O2. The lowest BCUT2D eigenvalue weighted by Gasteiger charge is -2.28. The van der Waals surface area contributed by atoms with Crippen molar-refractivity contribution in [1.29, 1.82) is 0 Å². The lowest BCUT2D eigenvalue weighted by Crippen LogP contribution is -2.43. The van der Waals surface area contributed by atoms with Gasteiger partial charge in [-0.2, -0.15) is 13.2 Å². The van der Waals surface area contributed by atoms with Gasteiger partial charge in [-0.15, -0.1) is 0 Å². The molecule has 0 aromatic heterocycles. The number of alkyl halides is 3. The summed E-state index contributed by atoms with van der Waals surface area (Å²) in [6.45, 7) is 0.612. The topological polar surface area (TPSA) is 40.6 Å². The van der Waals surface area contributed by atoms with Gasteiger partial charge >= 0.3 is 6.18 Å². The molecule has 0 spiro atoms. The lowest BCUT2D eigenvalue weighted by atomic mass is 10.1. The molecule has 23 heavy (non-hydrogen) atoms. The average molecular weight is 328 g/mol. The van der Waals surface area contributed by atoms with Crippen molar-refractivity contribution in [3.05, 3.63) is 35.4 Å². The summed E-state index contributed by atoms with van der Waals surface area (Å²) in [7, 11) is 1.52. The van der Waals surface area contributed by atoms with Crippen LogP contribution in [0.1, 0.15) is 30.4 Å². The molecular weight excluding hydrogens is 309 g/mol. The van der Waals surface area contributed by atoms with Crippen molar-refractivity contribution in [2.24, 2.45) is 0 Å². The van der Waals surface area contributed by atoms with Crippen molar-refractivity contribution in [2.75, 3.05) is 20.1 Å². The Balaban J connectivity index is 1.97. The zero-order valence-electron chi connectivity index (χ0n) is 12.9. The smallest absolute Gasteiger partial charge is 0.340 e. The van der Waals surface area contributed by atoms with Crippen molar-refractivity contribution in [3.63, 3.8) is 0 Å². The summed E-state index contributed by atoms with van der Waals surface area (Å²) in [5, 5.41) is 0. The second-order valence-electron chi connectivity index (χ2n) is 5.72. The van der Waals surface area contributed by atoms with Crippen LogP contribution < -0.4 is 0 Å². The summed E-state index contributed by atoms with van der Waals surface area (Å²) >= 11 is 0. The van der Waals surface area contributed by atoms with Crippen LogP contribution in [0.3, 0.4) is 0 Å². The molecule has 1 fully saturated rings. The van der Waals surface area contributed by atoms with Crippen LogP contribution in [0.25, 0.3) is 0 Å². The van der Waals surface area contributed by atoms with Crippen LogP contribution in [-0.2, 0) is 22.3 Å². The van der Waals surface area contributed by atoms with E-state index in [1.54, 1.807) is 6.07 Å². The summed E-state index contributed by atoms with van der Waals surface area (Å²) in [5.41, 5.74) is -0.331. The third-order valence-electron chi connectivity index (χ3n) is 3.85. The Morgan fingerprint density at radius 3 is 2.70 bits per heavy atom. The first-order valence-electron chi connectivity index (χ1n) is 7.45. The molecule has 1 aliphatic rings. The molecule has 0 bridgehead atoms. The Kier molecular flexibility index (Phi) is 5.28. The molecule has 0 unspecified atom stereocenters. The molecule has 7 heteroatoms. The molecule has 4 nitrogen and oxygen atoms in total. The van der Waals surface area contributed by atoms with Gasteiger partial charge in [0.1, 0.15) is 0 Å². The SMILES string of the molecule is CN(Cc1cccc(C(F)(F)F)c1)C(=O)CN1CCCCC1=O. The maximum absolute atomic E-state index is 12.7. The molecule has 1 aromatic rings. The fourth-order valence-electron chi connectivity index (χ4n) is 2.52. The molecule has 0 atom stereocenters. The van der Waals surface area contributed by atoms with Crippen molar-refractivity contribution >= 4 is 11.8 Å². The highest BCUT2D eigenvalue weighted by molar-refractivity contribution is 5.85. The molecule has 1 aromatic carbocycles. The third kappa shape index (κ3) is 4.71. The molecule has 0 aliphatic carbocycles. The molecule has 1 heterocycles. The standard InChI is InChI=1S/C16H19F3N2O2/c1-20(15(23)11-21-8-3-2-7-14(21)22)10-12-5-4-6-13(9-12)16(17,18)19/h4-6,9H,2-3,7-8,10-11H2,1H3. The normalized spacial score (nSPS) is 15.7. The van der Waals surface area contributed by atoms with Gasteiger partial charge in [0.2, 0.25) is 11.8 Å². The number of likely N-dealkylation sites (N-methyl/N-ethyl adjacent to an activating group) is 1. The van der Waals surface area contributed by atoms with Crippen LogP contribution >= 0.6 is 0 Å². The number of likely N-dealkylation sites (tertiary alicyclic amines) is 1. The highest BCUT2D eigenvalue weighted by Crippen LogP contribution is 2.29. The molecule has 1 saturated heterocycles. The maximum atomic E-state index is 12.7. The Hall–Kier alpha value is -2.05. The van der Waals surface area contributed by atoms with E-state index in [9.17, 15) is 22.8 Å². The summed E-state index contributed by atoms with van der Waals surface area (Å²) in [6, 6.07) is 4.91. The van der Waals surface area contributed by atoms with Gasteiger partial charge in [0.25, 0.3) is 0 Å². The number of carbonyl (C=O) groups excluding carboxylic acids is 2. The Morgan fingerprint density at radius 2 is 2.04 bits per heavy atom. The van der Waals surface area contributed by atoms with E-state index in [-0.39, 0.29) is 24.9 Å². The van der Waals surface area contributed by atoms with Gasteiger partial charge in [0, 0.05) is 26.6 Å². The number of rotatable bonds is 4. The van der Waals surface area contributed by atoms with Crippen LogP contribution in [0.15, 0.2) is 24.3 Å². The van der Waals surface area contributed by atoms with Crippen molar-refractivity contribution in [1.82, 2.24) is 9.80 Å². The summed E-state index contributed by atoms with van der Waals surface area (Å²) < 4.78 is 38.1. The molecule has 2 amide bonds. The van der Waals surface area contributed by atoms with Gasteiger partial charge in [-0.1, -0.05) is 12.1 Å². The minimum Gasteiger partial charge on any atom is -0.340 e. The zero-order valence-corrected chi connectivity index (χ0v) is 12.9. The van der Waals surface area contributed by atoms with Gasteiger partial charge in [-0.05, 0) is 30.5 Å². The molecule has 0 N–H and O–H groups in total. The van der Waals surface area contributed by atoms with Crippen LogP contribution in [0, 0.1) is 0 Å². The van der Waals surface area contributed by atoms with E-state index >= 15 is 0 Å². The zero-order chi connectivity index (χ0) is 17.0. The van der Waals surface area contributed by atoms with E-state index in [0.29, 0.717) is 18.5 Å². The highest BCUT2D eigenvalue weighted by atomic mass is 19.4. The van der Waals surface area contributed by atoms with Gasteiger partial charge in [-0.3, -0.25) is 9.59 Å². The van der Waals surface area contributed by atoms with E-state index < -0.39 is 11.7 Å². The van der Waals surface area contributed by atoms with E-state index in [2.05, 4.69) is 0 Å². The number of benzene rings is 1. The summed E-state index contributed by atoms with van der Waals surface area (Å²) in [5.74, 6) is -0.324. The van der Waals surface area contributed by atoms with Gasteiger partial charge in [-0.25, -0.2) is 0 Å². The quantitative estimate of drug-likeness (QED) is 0.853. The number of amides is 2. The number of hydrogen-bond donors (Lipinski definition) is 0. The monoisotopic (exact) mass is 328 g/mol. The lowest BCUT2D eigenvalue weighted by molar-refractivity contribution is -0.141. The first-order valence-corrected chi connectivity index (χ1v) is 7.45. The molecule has 0 radical (unpaired) electrons. The fourth-order valence-corrected chi connectivity index (χ4v) is 2.52. The number of nitrogens with zero attached hydrogens (tertiary/aromatic N) is 2. The van der Waals surface area contributed by atoms with Crippen molar-refractivity contribution in [3.8, 4) is 0 Å². The van der Waals surface area contributed by atoms with Crippen LogP contribution in [0.2, 0.25) is 0 Å². The van der Waals surface area contributed by atoms with Gasteiger partial charge < -0.3 is 9.80 Å². The van der Waals surface area contributed by atoms with Gasteiger partial charge in [0.05, 0.1) is 12.1 Å². The Labute approximate surface area is 132 Å². The van der Waals surface area contributed by atoms with Crippen molar-refractivity contribution < 1.29 is 22.8 Å². The first-order chi connectivity index (χ1) is 10.8. The minimum absolute atomic E-state index is 0.0195. The average Bonchev–Trinajstić information content (AvgIpc) is 2.49. The van der Waals surface area contributed by atoms with Crippen LogP contribution in [0.4, 0.5) is 13.2 Å².